The van der Waals surface area contributed by atoms with Gasteiger partial charge in [0.2, 0.25) is 0 Å². The molecule has 4 aromatic heterocycles. The van der Waals surface area contributed by atoms with E-state index in [0.29, 0.717) is 47.9 Å². The number of hydrogen-bond acceptors (Lipinski definition) is 10. The van der Waals surface area contributed by atoms with E-state index in [0.717, 1.165) is 46.8 Å². The van der Waals surface area contributed by atoms with Gasteiger partial charge in [-0.05, 0) is 63.8 Å². The van der Waals surface area contributed by atoms with Gasteiger partial charge in [0.15, 0.2) is 5.82 Å². The standard InChI is InChI=1S/C26H30N8O3S/c1-27-18-4-6-19(7-5-18)31-22-13-25(29-15-21(22)23-3-2-12-37-23)32-24-10-11-28-26(33-24)17-14-30-34(16-17)38(35,36)20-8-9-20/h2-3,10-16,18-20,27H,4-9H2,1H3,(H2,28,29,31,32,33). The third-order valence-electron chi connectivity index (χ3n) is 7.12. The summed E-state index contributed by atoms with van der Waals surface area (Å²) in [5.41, 5.74) is 2.36. The Hall–Kier alpha value is -3.77. The molecule has 11 nitrogen and oxygen atoms in total. The zero-order valence-electron chi connectivity index (χ0n) is 21.0. The van der Waals surface area contributed by atoms with Gasteiger partial charge in [-0.25, -0.2) is 23.4 Å². The minimum Gasteiger partial charge on any atom is -0.464 e. The van der Waals surface area contributed by atoms with Gasteiger partial charge in [-0.2, -0.15) is 9.19 Å². The lowest BCUT2D eigenvalue weighted by atomic mass is 9.91. The Morgan fingerprint density at radius 1 is 1.00 bits per heavy atom. The van der Waals surface area contributed by atoms with Crippen molar-refractivity contribution in [2.75, 3.05) is 17.7 Å². The average Bonchev–Trinajstić information content (AvgIpc) is 3.43. The molecule has 0 bridgehead atoms. The smallest absolute Gasteiger partial charge is 0.256 e. The molecule has 2 saturated carbocycles. The molecule has 2 aliphatic carbocycles. The minimum absolute atomic E-state index is 0.347. The average molecular weight is 535 g/mol. The summed E-state index contributed by atoms with van der Waals surface area (Å²) in [5, 5.41) is 14.0. The summed E-state index contributed by atoms with van der Waals surface area (Å²) < 4.78 is 31.7. The van der Waals surface area contributed by atoms with Crippen LogP contribution in [0.1, 0.15) is 38.5 Å². The predicted molar refractivity (Wildman–Crippen MR) is 145 cm³/mol. The molecular weight excluding hydrogens is 504 g/mol. The monoisotopic (exact) mass is 534 g/mol. The normalized spacial score (nSPS) is 19.8. The van der Waals surface area contributed by atoms with Crippen molar-refractivity contribution in [1.82, 2.24) is 29.5 Å². The van der Waals surface area contributed by atoms with Crippen molar-refractivity contribution < 1.29 is 12.8 Å². The molecule has 0 spiro atoms. The molecule has 198 valence electrons. The maximum absolute atomic E-state index is 12.5. The molecule has 0 aliphatic heterocycles. The molecule has 12 heteroatoms. The van der Waals surface area contributed by atoms with E-state index in [4.69, 9.17) is 4.42 Å². The fourth-order valence-electron chi connectivity index (χ4n) is 4.79. The van der Waals surface area contributed by atoms with Crippen LogP contribution >= 0.6 is 0 Å². The van der Waals surface area contributed by atoms with Crippen molar-refractivity contribution >= 4 is 27.3 Å². The van der Waals surface area contributed by atoms with Gasteiger partial charge in [0, 0.05) is 30.5 Å². The quantitative estimate of drug-likeness (QED) is 0.288. The summed E-state index contributed by atoms with van der Waals surface area (Å²) in [6.07, 6.45) is 13.8. The van der Waals surface area contributed by atoms with E-state index < -0.39 is 10.0 Å². The summed E-state index contributed by atoms with van der Waals surface area (Å²) in [6, 6.07) is 8.42. The van der Waals surface area contributed by atoms with Crippen molar-refractivity contribution in [2.45, 2.75) is 55.9 Å². The highest BCUT2D eigenvalue weighted by Gasteiger charge is 2.37. The van der Waals surface area contributed by atoms with E-state index in [2.05, 4.69) is 36.0 Å². The molecule has 0 saturated heterocycles. The third-order valence-corrected chi connectivity index (χ3v) is 9.16. The van der Waals surface area contributed by atoms with Crippen LogP contribution in [0.2, 0.25) is 0 Å². The van der Waals surface area contributed by atoms with Crippen LogP contribution in [0.3, 0.4) is 0 Å². The number of hydrogen-bond donors (Lipinski definition) is 3. The van der Waals surface area contributed by atoms with Crippen LogP contribution in [-0.2, 0) is 10.0 Å². The zero-order chi connectivity index (χ0) is 26.1. The maximum Gasteiger partial charge on any atom is 0.256 e. The lowest BCUT2D eigenvalue weighted by Crippen LogP contribution is -2.35. The molecule has 2 fully saturated rings. The van der Waals surface area contributed by atoms with Crippen LogP contribution in [0.5, 0.6) is 0 Å². The SMILES string of the molecule is CNC1CCC(Nc2cc(Nc3ccnc(-c4cnn(S(=O)(=O)C5CC5)c4)n3)ncc2-c2ccco2)CC1. The number of pyridine rings is 1. The topological polar surface area (TPSA) is 140 Å². The molecule has 0 amide bonds. The molecule has 0 aromatic carbocycles. The number of anilines is 3. The van der Waals surface area contributed by atoms with Gasteiger partial charge < -0.3 is 20.4 Å². The van der Waals surface area contributed by atoms with Crippen molar-refractivity contribution in [1.29, 1.82) is 0 Å². The summed E-state index contributed by atoms with van der Waals surface area (Å²) in [4.78, 5) is 13.5. The van der Waals surface area contributed by atoms with Gasteiger partial charge in [0.25, 0.3) is 10.0 Å². The zero-order valence-corrected chi connectivity index (χ0v) is 21.9. The first-order valence-corrected chi connectivity index (χ1v) is 14.4. The summed E-state index contributed by atoms with van der Waals surface area (Å²) in [7, 11) is -1.43. The van der Waals surface area contributed by atoms with Gasteiger partial charge >= 0.3 is 0 Å². The fraction of sp³-hybridized carbons (Fsp3) is 0.385. The molecule has 0 radical (unpaired) electrons. The molecular formula is C26H30N8O3S. The number of nitrogens with zero attached hydrogens (tertiary/aromatic N) is 5. The molecule has 38 heavy (non-hydrogen) atoms. The largest absolute Gasteiger partial charge is 0.464 e. The Bertz CT molecular complexity index is 1510. The first-order chi connectivity index (χ1) is 18.5. The third kappa shape index (κ3) is 5.14. The Morgan fingerprint density at radius 3 is 2.55 bits per heavy atom. The number of rotatable bonds is 9. The fourth-order valence-corrected chi connectivity index (χ4v) is 6.27. The molecule has 3 N–H and O–H groups in total. The van der Waals surface area contributed by atoms with E-state index in [1.54, 1.807) is 24.7 Å². The van der Waals surface area contributed by atoms with Gasteiger partial charge in [-0.1, -0.05) is 0 Å². The molecule has 4 heterocycles. The first-order valence-electron chi connectivity index (χ1n) is 12.9. The van der Waals surface area contributed by atoms with Crippen LogP contribution < -0.4 is 16.0 Å². The van der Waals surface area contributed by atoms with Gasteiger partial charge in [-0.15, -0.1) is 0 Å². The number of aromatic nitrogens is 5. The second-order valence-electron chi connectivity index (χ2n) is 9.81. The van der Waals surface area contributed by atoms with E-state index in [1.807, 2.05) is 25.2 Å². The van der Waals surface area contributed by atoms with Crippen LogP contribution in [0.15, 0.2) is 59.7 Å². The van der Waals surface area contributed by atoms with Crippen molar-refractivity contribution in [3.8, 4) is 22.7 Å². The predicted octanol–water partition coefficient (Wildman–Crippen LogP) is 4.02. The molecule has 6 rings (SSSR count). The van der Waals surface area contributed by atoms with E-state index in [1.165, 1.54) is 12.4 Å². The highest BCUT2D eigenvalue weighted by atomic mass is 32.2. The van der Waals surface area contributed by atoms with E-state index >= 15 is 0 Å². The van der Waals surface area contributed by atoms with E-state index in [-0.39, 0.29) is 5.25 Å². The number of nitrogens with one attached hydrogen (secondary N) is 3. The number of furan rings is 1. The van der Waals surface area contributed by atoms with Crippen LogP contribution in [0.4, 0.5) is 17.3 Å². The van der Waals surface area contributed by atoms with Crippen LogP contribution in [0.25, 0.3) is 22.7 Å². The molecule has 0 atom stereocenters. The molecule has 2 aliphatic rings. The van der Waals surface area contributed by atoms with Crippen molar-refractivity contribution in [2.24, 2.45) is 0 Å². The molecule has 4 aromatic rings. The van der Waals surface area contributed by atoms with Crippen molar-refractivity contribution in [3.05, 3.63) is 55.3 Å². The lowest BCUT2D eigenvalue weighted by molar-refractivity contribution is 0.371. The second-order valence-corrected chi connectivity index (χ2v) is 11.9. The van der Waals surface area contributed by atoms with Crippen LogP contribution in [-0.4, -0.2) is 56.9 Å². The molecule has 0 unspecified atom stereocenters. The van der Waals surface area contributed by atoms with Gasteiger partial charge in [0.1, 0.15) is 17.4 Å². The Kier molecular flexibility index (Phi) is 6.58. The Labute approximate surface area is 221 Å². The second kappa shape index (κ2) is 10.2. The Morgan fingerprint density at radius 2 is 1.82 bits per heavy atom. The Balaban J connectivity index is 1.23. The lowest BCUT2D eigenvalue weighted by Gasteiger charge is -2.30. The summed E-state index contributed by atoms with van der Waals surface area (Å²) in [6.45, 7) is 0. The van der Waals surface area contributed by atoms with Gasteiger partial charge in [0.05, 0.1) is 40.7 Å². The minimum atomic E-state index is -3.45. The maximum atomic E-state index is 12.5. The van der Waals surface area contributed by atoms with E-state index in [9.17, 15) is 8.42 Å². The van der Waals surface area contributed by atoms with Crippen LogP contribution in [0, 0.1) is 0 Å². The highest BCUT2D eigenvalue weighted by molar-refractivity contribution is 7.90. The summed E-state index contributed by atoms with van der Waals surface area (Å²) >= 11 is 0. The highest BCUT2D eigenvalue weighted by Crippen LogP contribution is 2.33. The first kappa shape index (κ1) is 24.6. The van der Waals surface area contributed by atoms with Gasteiger partial charge in [-0.3, -0.25) is 0 Å². The van der Waals surface area contributed by atoms with Crippen molar-refractivity contribution in [3.63, 3.8) is 0 Å². The summed E-state index contributed by atoms with van der Waals surface area (Å²) in [5.74, 6) is 2.27.